The van der Waals surface area contributed by atoms with Gasteiger partial charge in [0.05, 0.1) is 0 Å². The van der Waals surface area contributed by atoms with Crippen molar-refractivity contribution in [2.45, 2.75) is 0 Å². The van der Waals surface area contributed by atoms with Crippen molar-refractivity contribution in [3.8, 4) is 0 Å². The Balaban J connectivity index is 1.53. The van der Waals surface area contributed by atoms with Crippen LogP contribution in [0.3, 0.4) is 0 Å². The molecule has 6 nitrogen and oxygen atoms in total. The minimum Gasteiger partial charge on any atom is -0.439 e. The monoisotopic (exact) mass is 274 g/mol. The molecule has 0 atom stereocenters. The van der Waals surface area contributed by atoms with Crippen molar-refractivity contribution in [1.29, 1.82) is 0 Å². The molecular formula is C14H14N2O4. The molecule has 104 valence electrons. The van der Waals surface area contributed by atoms with Gasteiger partial charge in [-0.3, -0.25) is 9.59 Å². The Morgan fingerprint density at radius 3 is 2.50 bits per heavy atom. The molecule has 3 amide bonds. The lowest BCUT2D eigenvalue weighted by atomic mass is 9.98. The Morgan fingerprint density at radius 1 is 1.20 bits per heavy atom. The first kappa shape index (κ1) is 12.7. The van der Waals surface area contributed by atoms with Gasteiger partial charge in [0.2, 0.25) is 0 Å². The topological polar surface area (TPSA) is 66.9 Å². The smallest absolute Gasteiger partial charge is 0.417 e. The van der Waals surface area contributed by atoms with E-state index >= 15 is 0 Å². The van der Waals surface area contributed by atoms with Gasteiger partial charge in [-0.05, 0) is 12.1 Å². The standard InChI is InChI=1S/C14H14N2O4/c17-12-9-20-14(19)16(12)8-10-6-15(7-10)13(18)11-4-2-1-3-5-11/h1-5,10H,6-9H2. The maximum atomic E-state index is 12.1. The zero-order valence-electron chi connectivity index (χ0n) is 10.8. The first-order valence-corrected chi connectivity index (χ1v) is 6.46. The van der Waals surface area contributed by atoms with Gasteiger partial charge >= 0.3 is 6.09 Å². The second-order valence-corrected chi connectivity index (χ2v) is 5.00. The number of carbonyl (C=O) groups is 3. The molecule has 0 bridgehead atoms. The molecule has 2 fully saturated rings. The average Bonchev–Trinajstić information content (AvgIpc) is 2.73. The Morgan fingerprint density at radius 2 is 1.90 bits per heavy atom. The fourth-order valence-electron chi connectivity index (χ4n) is 2.43. The van der Waals surface area contributed by atoms with Gasteiger partial charge < -0.3 is 9.64 Å². The Bertz CT molecular complexity index is 536. The fourth-order valence-corrected chi connectivity index (χ4v) is 2.43. The van der Waals surface area contributed by atoms with E-state index in [9.17, 15) is 14.4 Å². The summed E-state index contributed by atoms with van der Waals surface area (Å²) in [7, 11) is 0. The van der Waals surface area contributed by atoms with Crippen LogP contribution < -0.4 is 0 Å². The first-order valence-electron chi connectivity index (χ1n) is 6.46. The van der Waals surface area contributed by atoms with Crippen molar-refractivity contribution >= 4 is 17.9 Å². The number of imide groups is 1. The van der Waals surface area contributed by atoms with Gasteiger partial charge in [0, 0.05) is 31.1 Å². The fraction of sp³-hybridized carbons (Fsp3) is 0.357. The van der Waals surface area contributed by atoms with Crippen molar-refractivity contribution in [3.63, 3.8) is 0 Å². The molecule has 0 aromatic heterocycles. The van der Waals surface area contributed by atoms with Gasteiger partial charge in [-0.2, -0.15) is 0 Å². The summed E-state index contributed by atoms with van der Waals surface area (Å²) >= 11 is 0. The maximum absolute atomic E-state index is 12.1. The summed E-state index contributed by atoms with van der Waals surface area (Å²) in [5, 5.41) is 0. The number of benzene rings is 1. The van der Waals surface area contributed by atoms with Gasteiger partial charge in [0.1, 0.15) is 0 Å². The number of hydrogen-bond donors (Lipinski definition) is 0. The van der Waals surface area contributed by atoms with Crippen molar-refractivity contribution in [2.24, 2.45) is 5.92 Å². The third kappa shape index (κ3) is 2.24. The van der Waals surface area contributed by atoms with Crippen molar-refractivity contribution < 1.29 is 19.1 Å². The number of ether oxygens (including phenoxy) is 1. The maximum Gasteiger partial charge on any atom is 0.417 e. The number of rotatable bonds is 3. The summed E-state index contributed by atoms with van der Waals surface area (Å²) in [6, 6.07) is 9.06. The molecule has 1 aromatic carbocycles. The highest BCUT2D eigenvalue weighted by Gasteiger charge is 2.38. The molecule has 0 N–H and O–H groups in total. The first-order chi connectivity index (χ1) is 9.65. The number of likely N-dealkylation sites (tertiary alicyclic amines) is 1. The normalized spacial score (nSPS) is 19.0. The molecule has 2 saturated heterocycles. The predicted octanol–water partition coefficient (Wildman–Crippen LogP) is 0.737. The van der Waals surface area contributed by atoms with E-state index in [0.29, 0.717) is 25.2 Å². The largest absolute Gasteiger partial charge is 0.439 e. The van der Waals surface area contributed by atoms with Crippen molar-refractivity contribution in [3.05, 3.63) is 35.9 Å². The molecule has 20 heavy (non-hydrogen) atoms. The van der Waals surface area contributed by atoms with Crippen LogP contribution in [0.2, 0.25) is 0 Å². The van der Waals surface area contributed by atoms with E-state index in [1.165, 1.54) is 0 Å². The lowest BCUT2D eigenvalue weighted by Crippen LogP contribution is -2.54. The van der Waals surface area contributed by atoms with E-state index in [-0.39, 0.29) is 24.3 Å². The summed E-state index contributed by atoms with van der Waals surface area (Å²) in [6.45, 7) is 1.28. The number of cyclic esters (lactones) is 1. The summed E-state index contributed by atoms with van der Waals surface area (Å²) in [4.78, 5) is 37.6. The molecule has 0 saturated carbocycles. The summed E-state index contributed by atoms with van der Waals surface area (Å²) < 4.78 is 4.65. The van der Waals surface area contributed by atoms with Gasteiger partial charge in [0.15, 0.2) is 6.61 Å². The minimum absolute atomic E-state index is 0.0165. The third-order valence-electron chi connectivity index (χ3n) is 3.55. The molecule has 0 aliphatic carbocycles. The highest BCUT2D eigenvalue weighted by Crippen LogP contribution is 2.21. The molecule has 2 aliphatic heterocycles. The molecule has 0 spiro atoms. The van der Waals surface area contributed by atoms with Crippen LogP contribution in [0.15, 0.2) is 30.3 Å². The highest BCUT2D eigenvalue weighted by atomic mass is 16.6. The Labute approximate surface area is 115 Å². The second-order valence-electron chi connectivity index (χ2n) is 5.00. The van der Waals surface area contributed by atoms with Gasteiger partial charge in [-0.15, -0.1) is 0 Å². The lowest BCUT2D eigenvalue weighted by molar-refractivity contribution is -0.126. The lowest BCUT2D eigenvalue weighted by Gasteiger charge is -2.40. The van der Waals surface area contributed by atoms with Crippen molar-refractivity contribution in [1.82, 2.24) is 9.80 Å². The molecule has 1 aromatic rings. The second kappa shape index (κ2) is 4.96. The van der Waals surface area contributed by atoms with Gasteiger partial charge in [-0.1, -0.05) is 18.2 Å². The summed E-state index contributed by atoms with van der Waals surface area (Å²) in [6.07, 6.45) is -0.581. The molecule has 0 radical (unpaired) electrons. The Kier molecular flexibility index (Phi) is 3.14. The van der Waals surface area contributed by atoms with Crippen LogP contribution in [0.1, 0.15) is 10.4 Å². The average molecular weight is 274 g/mol. The van der Waals surface area contributed by atoms with Crippen molar-refractivity contribution in [2.75, 3.05) is 26.2 Å². The van der Waals surface area contributed by atoms with Crippen LogP contribution in [-0.4, -0.2) is 53.9 Å². The molecule has 6 heteroatoms. The highest BCUT2D eigenvalue weighted by molar-refractivity contribution is 5.98. The van der Waals surface area contributed by atoms with Gasteiger partial charge in [-0.25, -0.2) is 9.69 Å². The van der Waals surface area contributed by atoms with Crippen LogP contribution in [0.5, 0.6) is 0 Å². The molecule has 2 aliphatic rings. The van der Waals surface area contributed by atoms with E-state index in [2.05, 4.69) is 4.74 Å². The summed E-state index contributed by atoms with van der Waals surface area (Å²) in [5.41, 5.74) is 0.655. The van der Waals surface area contributed by atoms with Gasteiger partial charge in [0.25, 0.3) is 11.8 Å². The number of nitrogens with zero attached hydrogens (tertiary/aromatic N) is 2. The van der Waals surface area contributed by atoms with Crippen LogP contribution in [0.25, 0.3) is 0 Å². The zero-order valence-corrected chi connectivity index (χ0v) is 10.8. The SMILES string of the molecule is O=C(c1ccccc1)N1CC(CN2C(=O)COC2=O)C1. The number of hydrogen-bond acceptors (Lipinski definition) is 4. The number of amides is 3. The quantitative estimate of drug-likeness (QED) is 0.815. The molecular weight excluding hydrogens is 260 g/mol. The third-order valence-corrected chi connectivity index (χ3v) is 3.55. The van der Waals surface area contributed by atoms with E-state index in [4.69, 9.17) is 0 Å². The molecule has 3 rings (SSSR count). The van der Waals surface area contributed by atoms with Crippen LogP contribution >= 0.6 is 0 Å². The van der Waals surface area contributed by atoms with E-state index in [0.717, 1.165) is 4.90 Å². The minimum atomic E-state index is -0.581. The van der Waals surface area contributed by atoms with E-state index in [1.807, 2.05) is 18.2 Å². The van der Waals surface area contributed by atoms with E-state index in [1.54, 1.807) is 17.0 Å². The van der Waals surface area contributed by atoms with Crippen LogP contribution in [-0.2, 0) is 9.53 Å². The van der Waals surface area contributed by atoms with Crippen LogP contribution in [0.4, 0.5) is 4.79 Å². The molecule has 2 heterocycles. The number of carbonyl (C=O) groups excluding carboxylic acids is 3. The van der Waals surface area contributed by atoms with E-state index < -0.39 is 6.09 Å². The zero-order chi connectivity index (χ0) is 14.1. The Hall–Kier alpha value is -2.37. The van der Waals surface area contributed by atoms with Crippen LogP contribution in [0, 0.1) is 5.92 Å². The summed E-state index contributed by atoms with van der Waals surface area (Å²) in [5.74, 6) is -0.183. The molecule has 0 unspecified atom stereocenters. The predicted molar refractivity (Wildman–Crippen MR) is 68.9 cm³/mol.